The average molecular weight is 358 g/mol. The molecule has 0 saturated heterocycles. The second kappa shape index (κ2) is 6.60. The van der Waals surface area contributed by atoms with E-state index in [1.807, 2.05) is 38.1 Å². The van der Waals surface area contributed by atoms with Gasteiger partial charge in [-0.1, -0.05) is 18.2 Å². The molecule has 130 valence electrons. The molecule has 0 saturated carbocycles. The predicted molar refractivity (Wildman–Crippen MR) is 95.2 cm³/mol. The van der Waals surface area contributed by atoms with Gasteiger partial charge in [0.25, 0.3) is 10.0 Å². The Hall–Kier alpha value is -2.80. The zero-order chi connectivity index (χ0) is 18.0. The maximum atomic E-state index is 12.6. The molecule has 3 aromatic rings. The highest BCUT2D eigenvalue weighted by atomic mass is 32.2. The summed E-state index contributed by atoms with van der Waals surface area (Å²) in [5, 5.41) is -0.106. The molecule has 0 radical (unpaired) electrons. The van der Waals surface area contributed by atoms with Crippen molar-refractivity contribution in [1.82, 2.24) is 4.98 Å². The lowest BCUT2D eigenvalue weighted by Crippen LogP contribution is -2.15. The Morgan fingerprint density at radius 1 is 1.08 bits per heavy atom. The number of rotatable bonds is 5. The van der Waals surface area contributed by atoms with Crippen molar-refractivity contribution in [1.29, 1.82) is 0 Å². The molecule has 1 N–H and O–H groups in total. The number of ether oxygens (including phenoxy) is 1. The fourth-order valence-corrected chi connectivity index (χ4v) is 3.41. The second-order valence-electron chi connectivity index (χ2n) is 5.56. The Balaban J connectivity index is 1.96. The molecular formula is C18H18N2O4S. The summed E-state index contributed by atoms with van der Waals surface area (Å²) in [4.78, 5) is 3.98. The molecule has 1 aromatic carbocycles. The molecule has 6 nitrogen and oxygen atoms in total. The van der Waals surface area contributed by atoms with Crippen LogP contribution in [-0.2, 0) is 10.0 Å². The van der Waals surface area contributed by atoms with E-state index in [-0.39, 0.29) is 10.9 Å². The van der Waals surface area contributed by atoms with Crippen molar-refractivity contribution in [2.75, 3.05) is 11.8 Å². The van der Waals surface area contributed by atoms with Crippen LogP contribution in [0.5, 0.6) is 5.88 Å². The SMILES string of the molecule is COc1cccc(S(=O)(=O)Nc2cc(-c3ccc(C)o3)ccc2C)n1. The van der Waals surface area contributed by atoms with Gasteiger partial charge in [-0.15, -0.1) is 0 Å². The number of aromatic nitrogens is 1. The van der Waals surface area contributed by atoms with E-state index < -0.39 is 10.0 Å². The summed E-state index contributed by atoms with van der Waals surface area (Å²) in [5.74, 6) is 1.70. The lowest BCUT2D eigenvalue weighted by atomic mass is 10.1. The fourth-order valence-electron chi connectivity index (χ4n) is 2.33. The van der Waals surface area contributed by atoms with Crippen molar-refractivity contribution < 1.29 is 17.6 Å². The fraction of sp³-hybridized carbons (Fsp3) is 0.167. The molecule has 0 bridgehead atoms. The quantitative estimate of drug-likeness (QED) is 0.751. The predicted octanol–water partition coefficient (Wildman–Crippen LogP) is 3.77. The highest BCUT2D eigenvalue weighted by Gasteiger charge is 2.18. The van der Waals surface area contributed by atoms with Crippen LogP contribution in [0.2, 0.25) is 0 Å². The summed E-state index contributed by atoms with van der Waals surface area (Å²) in [5.41, 5.74) is 2.05. The number of aryl methyl sites for hydroxylation is 2. The Kier molecular flexibility index (Phi) is 4.50. The molecule has 0 aliphatic rings. The van der Waals surface area contributed by atoms with E-state index in [4.69, 9.17) is 9.15 Å². The number of methoxy groups -OCH3 is 1. The zero-order valence-electron chi connectivity index (χ0n) is 14.1. The van der Waals surface area contributed by atoms with Gasteiger partial charge in [0.2, 0.25) is 5.88 Å². The minimum Gasteiger partial charge on any atom is -0.481 e. The van der Waals surface area contributed by atoms with Crippen molar-refractivity contribution in [2.24, 2.45) is 0 Å². The van der Waals surface area contributed by atoms with E-state index >= 15 is 0 Å². The molecule has 7 heteroatoms. The van der Waals surface area contributed by atoms with Crippen molar-refractivity contribution in [2.45, 2.75) is 18.9 Å². The van der Waals surface area contributed by atoms with Crippen molar-refractivity contribution in [3.8, 4) is 17.2 Å². The zero-order valence-corrected chi connectivity index (χ0v) is 14.9. The third-order valence-corrected chi connectivity index (χ3v) is 4.96. The second-order valence-corrected chi connectivity index (χ2v) is 7.19. The first-order chi connectivity index (χ1) is 11.9. The van der Waals surface area contributed by atoms with Gasteiger partial charge in [-0.2, -0.15) is 13.4 Å². The molecule has 0 aliphatic carbocycles. The van der Waals surface area contributed by atoms with Crippen LogP contribution in [0.4, 0.5) is 5.69 Å². The van der Waals surface area contributed by atoms with E-state index in [9.17, 15) is 8.42 Å². The number of nitrogens with zero attached hydrogens (tertiary/aromatic N) is 1. The van der Waals surface area contributed by atoms with E-state index in [1.165, 1.54) is 13.2 Å². The number of hydrogen-bond acceptors (Lipinski definition) is 5. The van der Waals surface area contributed by atoms with Crippen LogP contribution >= 0.6 is 0 Å². The first kappa shape index (κ1) is 17.0. The minimum atomic E-state index is -3.83. The van der Waals surface area contributed by atoms with Gasteiger partial charge in [0.15, 0.2) is 5.03 Å². The van der Waals surface area contributed by atoms with E-state index in [2.05, 4.69) is 9.71 Å². The van der Waals surface area contributed by atoms with Crippen molar-refractivity contribution >= 4 is 15.7 Å². The maximum absolute atomic E-state index is 12.6. The Bertz CT molecular complexity index is 1010. The van der Waals surface area contributed by atoms with Crippen LogP contribution in [0.3, 0.4) is 0 Å². The highest BCUT2D eigenvalue weighted by molar-refractivity contribution is 7.92. The number of sulfonamides is 1. The highest BCUT2D eigenvalue weighted by Crippen LogP contribution is 2.28. The van der Waals surface area contributed by atoms with E-state index in [1.54, 1.807) is 18.2 Å². The number of pyridine rings is 1. The lowest BCUT2D eigenvalue weighted by molar-refractivity contribution is 0.394. The monoisotopic (exact) mass is 358 g/mol. The molecule has 0 fully saturated rings. The van der Waals surface area contributed by atoms with Gasteiger partial charge in [0, 0.05) is 11.6 Å². The standard InChI is InChI=1S/C18H18N2O4S/c1-12-7-9-14(16-10-8-13(2)24-16)11-15(12)20-25(21,22)18-6-4-5-17(19-18)23-3/h4-11,20H,1-3H3. The lowest BCUT2D eigenvalue weighted by Gasteiger charge is -2.12. The molecule has 2 heterocycles. The molecule has 0 spiro atoms. The van der Waals surface area contributed by atoms with Gasteiger partial charge >= 0.3 is 0 Å². The van der Waals surface area contributed by atoms with Crippen LogP contribution in [-0.4, -0.2) is 20.5 Å². The molecule has 0 amide bonds. The molecular weight excluding hydrogens is 340 g/mol. The first-order valence-electron chi connectivity index (χ1n) is 7.60. The molecule has 0 aliphatic heterocycles. The summed E-state index contributed by atoms with van der Waals surface area (Å²) in [6, 6.07) is 13.8. The smallest absolute Gasteiger partial charge is 0.279 e. The number of furan rings is 1. The number of hydrogen-bond donors (Lipinski definition) is 1. The van der Waals surface area contributed by atoms with Crippen LogP contribution in [0, 0.1) is 13.8 Å². The van der Waals surface area contributed by atoms with Gasteiger partial charge in [0.1, 0.15) is 11.5 Å². The third-order valence-electron chi connectivity index (χ3n) is 3.69. The number of anilines is 1. The third kappa shape index (κ3) is 3.66. The normalized spacial score (nSPS) is 11.3. The summed E-state index contributed by atoms with van der Waals surface area (Å²) in [6.07, 6.45) is 0. The van der Waals surface area contributed by atoms with Gasteiger partial charge in [-0.25, -0.2) is 0 Å². The summed E-state index contributed by atoms with van der Waals surface area (Å²) in [7, 11) is -2.40. The van der Waals surface area contributed by atoms with Gasteiger partial charge in [-0.3, -0.25) is 4.72 Å². The van der Waals surface area contributed by atoms with E-state index in [0.29, 0.717) is 11.4 Å². The Morgan fingerprint density at radius 3 is 2.56 bits per heavy atom. The minimum absolute atomic E-state index is 0.106. The van der Waals surface area contributed by atoms with Crippen molar-refractivity contribution in [3.05, 3.63) is 59.9 Å². The number of benzene rings is 1. The van der Waals surface area contributed by atoms with Gasteiger partial charge in [-0.05, 0) is 43.7 Å². The van der Waals surface area contributed by atoms with Crippen LogP contribution in [0.1, 0.15) is 11.3 Å². The van der Waals surface area contributed by atoms with Crippen molar-refractivity contribution in [3.63, 3.8) is 0 Å². The Labute approximate surface area is 146 Å². The van der Waals surface area contributed by atoms with Gasteiger partial charge < -0.3 is 9.15 Å². The molecule has 3 rings (SSSR count). The largest absolute Gasteiger partial charge is 0.481 e. The van der Waals surface area contributed by atoms with Crippen LogP contribution in [0.25, 0.3) is 11.3 Å². The summed E-state index contributed by atoms with van der Waals surface area (Å²) >= 11 is 0. The Morgan fingerprint density at radius 2 is 1.88 bits per heavy atom. The molecule has 2 aromatic heterocycles. The van der Waals surface area contributed by atoms with Gasteiger partial charge in [0.05, 0.1) is 12.8 Å². The molecule has 0 atom stereocenters. The first-order valence-corrected chi connectivity index (χ1v) is 9.09. The average Bonchev–Trinajstić information content (AvgIpc) is 3.03. The maximum Gasteiger partial charge on any atom is 0.279 e. The van der Waals surface area contributed by atoms with Crippen LogP contribution < -0.4 is 9.46 Å². The molecule has 0 unspecified atom stereocenters. The summed E-state index contributed by atoms with van der Waals surface area (Å²) in [6.45, 7) is 3.68. The number of nitrogens with one attached hydrogen (secondary N) is 1. The topological polar surface area (TPSA) is 81.4 Å². The summed E-state index contributed by atoms with van der Waals surface area (Å²) < 4.78 is 38.4. The van der Waals surface area contributed by atoms with Crippen LogP contribution in [0.15, 0.2) is 58.0 Å². The van der Waals surface area contributed by atoms with E-state index in [0.717, 1.165) is 16.9 Å². The molecule has 25 heavy (non-hydrogen) atoms.